The van der Waals surface area contributed by atoms with E-state index in [4.69, 9.17) is 11.6 Å². The number of hydrogen-bond acceptors (Lipinski definition) is 1. The molecule has 0 aliphatic heterocycles. The average molecular weight is 279 g/mol. The van der Waals surface area contributed by atoms with Crippen molar-refractivity contribution in [1.29, 1.82) is 0 Å². The summed E-state index contributed by atoms with van der Waals surface area (Å²) < 4.78 is 75.2. The van der Waals surface area contributed by atoms with Crippen molar-refractivity contribution in [1.82, 2.24) is 0 Å². The lowest BCUT2D eigenvalue weighted by atomic mass is 10.1. The van der Waals surface area contributed by atoms with E-state index in [-0.39, 0.29) is 5.02 Å². The van der Waals surface area contributed by atoms with E-state index in [1.165, 1.54) is 0 Å². The Labute approximate surface area is 96.9 Å². The van der Waals surface area contributed by atoms with Gasteiger partial charge in [0.05, 0.1) is 6.42 Å². The van der Waals surface area contributed by atoms with Gasteiger partial charge in [-0.3, -0.25) is 0 Å². The molecule has 0 spiro atoms. The van der Waals surface area contributed by atoms with Crippen molar-refractivity contribution >= 4 is 11.6 Å². The van der Waals surface area contributed by atoms with E-state index in [0.29, 0.717) is 6.07 Å². The molecule has 0 fully saturated rings. The molecule has 0 unspecified atom stereocenters. The molecule has 0 saturated carbocycles. The highest BCUT2D eigenvalue weighted by atomic mass is 35.5. The lowest BCUT2D eigenvalue weighted by Gasteiger charge is -2.11. The summed E-state index contributed by atoms with van der Waals surface area (Å²) in [6.45, 7) is 0. The van der Waals surface area contributed by atoms with Crippen LogP contribution in [0.25, 0.3) is 0 Å². The van der Waals surface area contributed by atoms with Gasteiger partial charge >= 0.3 is 12.5 Å². The smallest absolute Gasteiger partial charge is 0.406 e. The Bertz CT molecular complexity index is 363. The van der Waals surface area contributed by atoms with Crippen LogP contribution in [0.1, 0.15) is 5.56 Å². The molecule has 0 atom stereocenters. The highest BCUT2D eigenvalue weighted by Gasteiger charge is 2.32. The Balaban J connectivity index is 2.95. The summed E-state index contributed by atoms with van der Waals surface area (Å²) in [4.78, 5) is 0. The first-order valence-electron chi connectivity index (χ1n) is 4.17. The Morgan fingerprint density at radius 3 is 2.06 bits per heavy atom. The molecular weight excluding hydrogens is 274 g/mol. The maximum Gasteiger partial charge on any atom is 0.573 e. The fraction of sp³-hybridized carbons (Fsp3) is 0.333. The first-order valence-corrected chi connectivity index (χ1v) is 4.55. The number of alkyl halides is 6. The molecule has 0 aromatic heterocycles. The molecule has 0 bridgehead atoms. The van der Waals surface area contributed by atoms with Crippen molar-refractivity contribution < 1.29 is 31.1 Å². The number of halogens is 7. The van der Waals surface area contributed by atoms with E-state index in [1.54, 1.807) is 0 Å². The zero-order chi connectivity index (χ0) is 13.3. The minimum absolute atomic E-state index is 0.258. The normalized spacial score (nSPS) is 12.6. The van der Waals surface area contributed by atoms with Crippen LogP contribution in [0.5, 0.6) is 5.75 Å². The summed E-state index contributed by atoms with van der Waals surface area (Å²) in [6, 6.07) is 2.36. The van der Waals surface area contributed by atoms with Crippen LogP contribution in [-0.2, 0) is 6.42 Å². The van der Waals surface area contributed by atoms with Gasteiger partial charge in [0, 0.05) is 5.02 Å². The molecule has 0 aliphatic carbocycles. The topological polar surface area (TPSA) is 9.23 Å². The van der Waals surface area contributed by atoms with Gasteiger partial charge in [-0.05, 0) is 23.8 Å². The van der Waals surface area contributed by atoms with Crippen LogP contribution in [0.15, 0.2) is 18.2 Å². The van der Waals surface area contributed by atoms with Crippen LogP contribution in [-0.4, -0.2) is 12.5 Å². The predicted octanol–water partition coefficient (Wildman–Crippen LogP) is 4.34. The van der Waals surface area contributed by atoms with Gasteiger partial charge in [-0.2, -0.15) is 13.2 Å². The highest BCUT2D eigenvalue weighted by molar-refractivity contribution is 6.30. The molecule has 17 heavy (non-hydrogen) atoms. The van der Waals surface area contributed by atoms with Crippen molar-refractivity contribution in [3.63, 3.8) is 0 Å². The molecule has 0 aliphatic rings. The molecule has 0 amide bonds. The standard InChI is InChI=1S/C9H5ClF6O/c10-6-1-5(4-8(11,12)13)2-7(3-6)17-9(14,15)16/h1-3H,4H2. The Hall–Kier alpha value is -1.11. The van der Waals surface area contributed by atoms with E-state index in [1.807, 2.05) is 0 Å². The van der Waals surface area contributed by atoms with Gasteiger partial charge in [-0.25, -0.2) is 0 Å². The second-order valence-electron chi connectivity index (χ2n) is 3.13. The molecular formula is C9H5ClF6O. The monoisotopic (exact) mass is 278 g/mol. The fourth-order valence-corrected chi connectivity index (χ4v) is 1.39. The van der Waals surface area contributed by atoms with Crippen LogP contribution in [0.2, 0.25) is 5.02 Å². The molecule has 0 heterocycles. The van der Waals surface area contributed by atoms with Crippen LogP contribution < -0.4 is 4.74 Å². The third-order valence-corrected chi connectivity index (χ3v) is 1.79. The molecule has 0 N–H and O–H groups in total. The van der Waals surface area contributed by atoms with E-state index < -0.39 is 30.3 Å². The van der Waals surface area contributed by atoms with Crippen molar-refractivity contribution in [2.24, 2.45) is 0 Å². The largest absolute Gasteiger partial charge is 0.573 e. The van der Waals surface area contributed by atoms with E-state index in [9.17, 15) is 26.3 Å². The van der Waals surface area contributed by atoms with Crippen LogP contribution in [0, 0.1) is 0 Å². The molecule has 8 heteroatoms. The Morgan fingerprint density at radius 2 is 1.59 bits per heavy atom. The van der Waals surface area contributed by atoms with Gasteiger partial charge in [0.15, 0.2) is 0 Å². The molecule has 0 radical (unpaired) electrons. The third-order valence-electron chi connectivity index (χ3n) is 1.57. The lowest BCUT2D eigenvalue weighted by molar-refractivity contribution is -0.274. The average Bonchev–Trinajstić information content (AvgIpc) is 1.93. The second-order valence-corrected chi connectivity index (χ2v) is 3.57. The van der Waals surface area contributed by atoms with E-state index in [2.05, 4.69) is 4.74 Å². The Kier molecular flexibility index (Phi) is 3.81. The highest BCUT2D eigenvalue weighted by Crippen LogP contribution is 2.30. The van der Waals surface area contributed by atoms with Gasteiger partial charge in [0.1, 0.15) is 5.75 Å². The zero-order valence-corrected chi connectivity index (χ0v) is 8.75. The quantitative estimate of drug-likeness (QED) is 0.731. The van der Waals surface area contributed by atoms with Crippen LogP contribution in [0.3, 0.4) is 0 Å². The second kappa shape index (κ2) is 4.64. The predicted molar refractivity (Wildman–Crippen MR) is 47.9 cm³/mol. The van der Waals surface area contributed by atoms with Crippen LogP contribution in [0.4, 0.5) is 26.3 Å². The Morgan fingerprint density at radius 1 is 1.00 bits per heavy atom. The molecule has 1 aromatic carbocycles. The summed E-state index contributed by atoms with van der Waals surface area (Å²) in [5.41, 5.74) is -0.399. The third kappa shape index (κ3) is 5.67. The molecule has 1 nitrogen and oxygen atoms in total. The minimum Gasteiger partial charge on any atom is -0.406 e. The maximum atomic E-state index is 12.0. The van der Waals surface area contributed by atoms with Gasteiger partial charge in [-0.1, -0.05) is 11.6 Å². The minimum atomic E-state index is -4.97. The van der Waals surface area contributed by atoms with Crippen molar-refractivity contribution in [3.8, 4) is 5.75 Å². The molecule has 0 saturated heterocycles. The van der Waals surface area contributed by atoms with Gasteiger partial charge in [0.25, 0.3) is 0 Å². The zero-order valence-electron chi connectivity index (χ0n) is 7.99. The number of hydrogen-bond donors (Lipinski definition) is 0. The van der Waals surface area contributed by atoms with Gasteiger partial charge in [0.2, 0.25) is 0 Å². The molecule has 1 rings (SSSR count). The SMILES string of the molecule is FC(F)(F)Cc1cc(Cl)cc(OC(F)(F)F)c1. The number of ether oxygens (including phenoxy) is 1. The summed E-state index contributed by atoms with van der Waals surface area (Å²) in [6.07, 6.45) is -10.9. The summed E-state index contributed by atoms with van der Waals surface area (Å²) in [7, 11) is 0. The first-order chi connectivity index (χ1) is 7.55. The molecule has 96 valence electrons. The van der Waals surface area contributed by atoms with E-state index in [0.717, 1.165) is 12.1 Å². The van der Waals surface area contributed by atoms with Gasteiger partial charge < -0.3 is 4.74 Å². The first kappa shape index (κ1) is 14.0. The number of benzene rings is 1. The van der Waals surface area contributed by atoms with Gasteiger partial charge in [-0.15, -0.1) is 13.2 Å². The summed E-state index contributed by atoms with van der Waals surface area (Å²) in [5, 5.41) is -0.258. The van der Waals surface area contributed by atoms with Crippen LogP contribution >= 0.6 is 11.6 Å². The molecule has 1 aromatic rings. The lowest BCUT2D eigenvalue weighted by Crippen LogP contribution is -2.17. The maximum absolute atomic E-state index is 12.0. The van der Waals surface area contributed by atoms with Crippen molar-refractivity contribution in [2.75, 3.05) is 0 Å². The number of rotatable bonds is 2. The van der Waals surface area contributed by atoms with Crippen molar-refractivity contribution in [2.45, 2.75) is 19.0 Å². The van der Waals surface area contributed by atoms with Crippen molar-refractivity contribution in [3.05, 3.63) is 28.8 Å². The van der Waals surface area contributed by atoms with E-state index >= 15 is 0 Å². The summed E-state index contributed by atoms with van der Waals surface area (Å²) in [5.74, 6) is -0.774. The summed E-state index contributed by atoms with van der Waals surface area (Å²) >= 11 is 5.39. The fourth-order valence-electron chi connectivity index (χ4n) is 1.15.